The monoisotopic (exact) mass is 589 g/mol. The number of rotatable bonds is 8. The number of nitrogens with one attached hydrogen (secondary N) is 5. The first kappa shape index (κ1) is 28.5. The number of hydrogen-bond donors (Lipinski definition) is 5. The van der Waals surface area contributed by atoms with Crippen molar-refractivity contribution in [3.05, 3.63) is 89.7 Å². The van der Waals surface area contributed by atoms with Crippen LogP contribution in [0.2, 0.25) is 5.02 Å². The highest BCUT2D eigenvalue weighted by molar-refractivity contribution is 6.31. The summed E-state index contributed by atoms with van der Waals surface area (Å²) in [4.78, 5) is 32.2. The summed E-state index contributed by atoms with van der Waals surface area (Å²) < 4.78 is 39.1. The molecule has 9 nitrogen and oxygen atoms in total. The molecule has 14 heteroatoms. The van der Waals surface area contributed by atoms with Crippen molar-refractivity contribution in [1.82, 2.24) is 9.97 Å². The Labute approximate surface area is 236 Å². The normalized spacial score (nSPS) is 10.9. The Morgan fingerprint density at radius 3 is 1.98 bits per heavy atom. The molecule has 0 spiro atoms. The van der Waals surface area contributed by atoms with Crippen LogP contribution in [0.25, 0.3) is 0 Å². The van der Waals surface area contributed by atoms with Gasteiger partial charge < -0.3 is 26.6 Å². The molecule has 3 aromatic carbocycles. The minimum Gasteiger partial charge on any atom is -0.340 e. The van der Waals surface area contributed by atoms with Gasteiger partial charge in [0.2, 0.25) is 5.91 Å². The van der Waals surface area contributed by atoms with Crippen molar-refractivity contribution >= 4 is 75.2 Å². The number of amides is 3. The Morgan fingerprint density at radius 1 is 0.725 bits per heavy atom. The summed E-state index contributed by atoms with van der Waals surface area (Å²) in [7, 11) is 0. The van der Waals surface area contributed by atoms with Crippen molar-refractivity contribution in [3.8, 4) is 0 Å². The summed E-state index contributed by atoms with van der Waals surface area (Å²) in [5, 5.41) is 13.3. The van der Waals surface area contributed by atoms with Gasteiger partial charge in [0, 0.05) is 34.5 Å². The van der Waals surface area contributed by atoms with E-state index in [0.29, 0.717) is 34.4 Å². The van der Waals surface area contributed by atoms with Crippen molar-refractivity contribution in [2.75, 3.05) is 32.5 Å². The number of nitrogens with zero attached hydrogens (tertiary/aromatic N) is 2. The SMILES string of the molecule is O=C(CCl)Nc1cccc(Nc2cc(Nc3ccc(NC(=O)Nc4ccc(Cl)c(C(F)(F)F)c4)cc3)ncn2)c1. The van der Waals surface area contributed by atoms with Gasteiger partial charge in [-0.05, 0) is 60.7 Å². The average molecular weight is 590 g/mol. The number of carbonyl (C=O) groups is 2. The Morgan fingerprint density at radius 2 is 1.30 bits per heavy atom. The maximum atomic E-state index is 13.0. The molecule has 40 heavy (non-hydrogen) atoms. The van der Waals surface area contributed by atoms with Crippen molar-refractivity contribution in [2.24, 2.45) is 0 Å². The van der Waals surface area contributed by atoms with Crippen molar-refractivity contribution < 1.29 is 22.8 Å². The highest BCUT2D eigenvalue weighted by Crippen LogP contribution is 2.36. The van der Waals surface area contributed by atoms with Gasteiger partial charge in [-0.25, -0.2) is 14.8 Å². The highest BCUT2D eigenvalue weighted by Gasteiger charge is 2.33. The fourth-order valence-corrected chi connectivity index (χ4v) is 3.70. The quantitative estimate of drug-likeness (QED) is 0.136. The van der Waals surface area contributed by atoms with E-state index in [1.807, 2.05) is 0 Å². The van der Waals surface area contributed by atoms with Crippen LogP contribution in [0.1, 0.15) is 5.56 Å². The van der Waals surface area contributed by atoms with Gasteiger partial charge in [-0.2, -0.15) is 13.2 Å². The second-order valence-electron chi connectivity index (χ2n) is 8.15. The lowest BCUT2D eigenvalue weighted by Crippen LogP contribution is -2.19. The Balaban J connectivity index is 1.35. The predicted octanol–water partition coefficient (Wildman–Crippen LogP) is 7.46. The summed E-state index contributed by atoms with van der Waals surface area (Å²) in [6, 6.07) is 17.6. The van der Waals surface area contributed by atoms with Gasteiger partial charge in [0.15, 0.2) is 0 Å². The molecule has 0 atom stereocenters. The third kappa shape index (κ3) is 7.98. The highest BCUT2D eigenvalue weighted by atomic mass is 35.5. The van der Waals surface area contributed by atoms with Crippen LogP contribution in [0.3, 0.4) is 0 Å². The fraction of sp³-hybridized carbons (Fsp3) is 0.0769. The van der Waals surface area contributed by atoms with Crippen LogP contribution >= 0.6 is 23.2 Å². The van der Waals surface area contributed by atoms with Crippen LogP contribution < -0.4 is 26.6 Å². The average Bonchev–Trinajstić information content (AvgIpc) is 2.90. The molecule has 0 saturated carbocycles. The van der Waals surface area contributed by atoms with E-state index in [0.717, 1.165) is 12.1 Å². The minimum atomic E-state index is -4.65. The molecular weight excluding hydrogens is 570 g/mol. The smallest absolute Gasteiger partial charge is 0.340 e. The van der Waals surface area contributed by atoms with Crippen molar-refractivity contribution in [2.45, 2.75) is 6.18 Å². The topological polar surface area (TPSA) is 120 Å². The van der Waals surface area contributed by atoms with Crippen molar-refractivity contribution in [3.63, 3.8) is 0 Å². The lowest BCUT2D eigenvalue weighted by Gasteiger charge is -2.13. The summed E-state index contributed by atoms with van der Waals surface area (Å²) in [6.45, 7) is 0. The van der Waals surface area contributed by atoms with E-state index in [-0.39, 0.29) is 17.5 Å². The summed E-state index contributed by atoms with van der Waals surface area (Å²) in [6.07, 6.45) is -3.28. The standard InChI is InChI=1S/C26H20Cl2F3N7O2/c27-13-24(39)36-18-3-1-2-17(10-18)35-23-12-22(32-14-33-23)34-15-4-6-16(7-5-15)37-25(40)38-19-8-9-21(28)20(11-19)26(29,30)31/h1-12,14H,13H2,(H,36,39)(H2,37,38,40)(H2,32,33,34,35). The number of alkyl halides is 4. The molecule has 3 amide bonds. The molecule has 0 unspecified atom stereocenters. The molecule has 4 rings (SSSR count). The van der Waals surface area contributed by atoms with Crippen LogP contribution in [0.15, 0.2) is 79.1 Å². The first-order chi connectivity index (χ1) is 19.1. The molecular formula is C26H20Cl2F3N7O2. The molecule has 0 fully saturated rings. The van der Waals surface area contributed by atoms with E-state index in [1.54, 1.807) is 54.6 Å². The summed E-state index contributed by atoms with van der Waals surface area (Å²) >= 11 is 11.1. The lowest BCUT2D eigenvalue weighted by atomic mass is 10.2. The zero-order valence-electron chi connectivity index (χ0n) is 20.3. The van der Waals surface area contributed by atoms with Gasteiger partial charge in [0.05, 0.1) is 10.6 Å². The first-order valence-corrected chi connectivity index (χ1v) is 12.4. The zero-order valence-corrected chi connectivity index (χ0v) is 21.8. The molecule has 206 valence electrons. The first-order valence-electron chi connectivity index (χ1n) is 11.5. The van der Waals surface area contributed by atoms with Crippen molar-refractivity contribution in [1.29, 1.82) is 0 Å². The van der Waals surface area contributed by atoms with Gasteiger partial charge in [0.1, 0.15) is 23.8 Å². The van der Waals surface area contributed by atoms with Crippen LogP contribution in [0, 0.1) is 0 Å². The summed E-state index contributed by atoms with van der Waals surface area (Å²) in [5.41, 5.74) is 1.19. The molecule has 4 aromatic rings. The van der Waals surface area contributed by atoms with Gasteiger partial charge in [-0.3, -0.25) is 4.79 Å². The zero-order chi connectivity index (χ0) is 28.7. The summed E-state index contributed by atoms with van der Waals surface area (Å²) in [5.74, 6) is 0.489. The number of hydrogen-bond acceptors (Lipinski definition) is 6. The van der Waals surface area contributed by atoms with E-state index in [1.165, 1.54) is 12.4 Å². The van der Waals surface area contributed by atoms with Crippen LogP contribution in [-0.2, 0) is 11.0 Å². The molecule has 1 aromatic heterocycles. The Hall–Kier alpha value is -4.55. The Bertz CT molecular complexity index is 1520. The molecule has 0 aliphatic carbocycles. The van der Waals surface area contributed by atoms with Gasteiger partial charge in [-0.1, -0.05) is 17.7 Å². The largest absolute Gasteiger partial charge is 0.417 e. The third-order valence-electron chi connectivity index (χ3n) is 5.15. The van der Waals surface area contributed by atoms with Crippen LogP contribution in [-0.4, -0.2) is 27.8 Å². The molecule has 0 radical (unpaired) electrons. The van der Waals surface area contributed by atoms with Crippen LogP contribution in [0.5, 0.6) is 0 Å². The maximum Gasteiger partial charge on any atom is 0.417 e. The maximum absolute atomic E-state index is 13.0. The Kier molecular flexibility index (Phi) is 8.92. The number of carbonyl (C=O) groups excluding carboxylic acids is 2. The lowest BCUT2D eigenvalue weighted by molar-refractivity contribution is -0.137. The molecule has 1 heterocycles. The molecule has 0 bridgehead atoms. The van der Waals surface area contributed by atoms with Gasteiger partial charge >= 0.3 is 12.2 Å². The minimum absolute atomic E-state index is 0.0626. The second-order valence-corrected chi connectivity index (χ2v) is 8.82. The number of halogens is 5. The fourth-order valence-electron chi connectivity index (χ4n) is 3.41. The third-order valence-corrected chi connectivity index (χ3v) is 5.72. The van der Waals surface area contributed by atoms with Gasteiger partial charge in [0.25, 0.3) is 0 Å². The molecule has 5 N–H and O–H groups in total. The van der Waals surface area contributed by atoms with Crippen LogP contribution in [0.4, 0.5) is 58.0 Å². The van der Waals surface area contributed by atoms with E-state index >= 15 is 0 Å². The molecule has 0 aliphatic heterocycles. The molecule has 0 aliphatic rings. The molecule has 0 saturated heterocycles. The number of urea groups is 1. The predicted molar refractivity (Wildman–Crippen MR) is 150 cm³/mol. The van der Waals surface area contributed by atoms with Gasteiger partial charge in [-0.15, -0.1) is 11.6 Å². The van der Waals surface area contributed by atoms with E-state index in [9.17, 15) is 22.8 Å². The van der Waals surface area contributed by atoms with E-state index < -0.39 is 22.8 Å². The van der Waals surface area contributed by atoms with E-state index in [4.69, 9.17) is 23.2 Å². The number of benzene rings is 3. The van der Waals surface area contributed by atoms with E-state index in [2.05, 4.69) is 36.6 Å². The number of anilines is 7. The number of aromatic nitrogens is 2. The second kappa shape index (κ2) is 12.5.